The van der Waals surface area contributed by atoms with Gasteiger partial charge in [0.25, 0.3) is 5.91 Å². The molecule has 0 radical (unpaired) electrons. The fourth-order valence-electron chi connectivity index (χ4n) is 1.13. The fourth-order valence-corrected chi connectivity index (χ4v) is 1.29. The molecule has 0 saturated heterocycles. The Hall–Kier alpha value is -0.830. The van der Waals surface area contributed by atoms with Crippen molar-refractivity contribution in [1.82, 2.24) is 5.32 Å². The number of alkyl halides is 1. The number of carbonyl (C=O) groups excluding carboxylic acids is 1. The summed E-state index contributed by atoms with van der Waals surface area (Å²) in [4.78, 5) is 11.6. The van der Waals surface area contributed by atoms with Crippen LogP contribution < -0.4 is 5.32 Å². The van der Waals surface area contributed by atoms with Gasteiger partial charge in [0, 0.05) is 16.9 Å². The second-order valence-corrected chi connectivity index (χ2v) is 4.05. The molecule has 0 spiro atoms. The van der Waals surface area contributed by atoms with Crippen LogP contribution in [0.5, 0.6) is 0 Å². The van der Waals surface area contributed by atoms with Crippen LogP contribution in [0.4, 0.5) is 0 Å². The highest BCUT2D eigenvalue weighted by molar-refractivity contribution is 9.09. The Morgan fingerprint density at radius 2 is 2.29 bits per heavy atom. The molecule has 14 heavy (non-hydrogen) atoms. The van der Waals surface area contributed by atoms with E-state index < -0.39 is 0 Å². The number of hydrogen-bond donors (Lipinski definition) is 1. The molecule has 1 N–H and O–H groups in total. The molecule has 1 aromatic carbocycles. The number of benzene rings is 1. The summed E-state index contributed by atoms with van der Waals surface area (Å²) in [5, 5.41) is 3.66. The number of carbonyl (C=O) groups is 1. The topological polar surface area (TPSA) is 29.1 Å². The van der Waals surface area contributed by atoms with E-state index in [-0.39, 0.29) is 11.9 Å². The average molecular weight is 256 g/mol. The van der Waals surface area contributed by atoms with Gasteiger partial charge in [0.15, 0.2) is 0 Å². The second-order valence-electron chi connectivity index (χ2n) is 3.40. The summed E-state index contributed by atoms with van der Waals surface area (Å²) in [6, 6.07) is 7.73. The molecule has 76 valence electrons. The molecule has 2 nitrogen and oxygen atoms in total. The van der Waals surface area contributed by atoms with E-state index in [2.05, 4.69) is 21.2 Å². The SMILES string of the molecule is Cc1cccc(C(=O)NC(C)CBr)c1. The molecule has 0 aromatic heterocycles. The number of rotatable bonds is 3. The van der Waals surface area contributed by atoms with Crippen molar-refractivity contribution in [3.05, 3.63) is 35.4 Å². The van der Waals surface area contributed by atoms with E-state index in [0.717, 1.165) is 16.5 Å². The molecule has 0 fully saturated rings. The van der Waals surface area contributed by atoms with E-state index >= 15 is 0 Å². The first-order valence-corrected chi connectivity index (χ1v) is 5.69. The summed E-state index contributed by atoms with van der Waals surface area (Å²) in [5.74, 6) is -0.0133. The van der Waals surface area contributed by atoms with Crippen molar-refractivity contribution in [2.45, 2.75) is 19.9 Å². The van der Waals surface area contributed by atoms with Crippen molar-refractivity contribution >= 4 is 21.8 Å². The lowest BCUT2D eigenvalue weighted by atomic mass is 10.1. The maximum Gasteiger partial charge on any atom is 0.251 e. The first-order valence-electron chi connectivity index (χ1n) is 4.57. The predicted molar refractivity (Wildman–Crippen MR) is 61.9 cm³/mol. The van der Waals surface area contributed by atoms with Gasteiger partial charge in [0.05, 0.1) is 0 Å². The Kier molecular flexibility index (Phi) is 4.14. The van der Waals surface area contributed by atoms with Gasteiger partial charge in [-0.1, -0.05) is 33.6 Å². The quantitative estimate of drug-likeness (QED) is 0.827. The van der Waals surface area contributed by atoms with Gasteiger partial charge < -0.3 is 5.32 Å². The Balaban J connectivity index is 2.70. The fraction of sp³-hybridized carbons (Fsp3) is 0.364. The summed E-state index contributed by atoms with van der Waals surface area (Å²) in [6.45, 7) is 3.94. The Bertz CT molecular complexity index is 325. The Labute approximate surface area is 92.8 Å². The zero-order chi connectivity index (χ0) is 10.6. The Morgan fingerprint density at radius 1 is 1.57 bits per heavy atom. The molecule has 0 saturated carbocycles. The molecule has 0 aliphatic carbocycles. The third kappa shape index (κ3) is 3.14. The van der Waals surface area contributed by atoms with Crippen LogP contribution in [0.25, 0.3) is 0 Å². The largest absolute Gasteiger partial charge is 0.349 e. The lowest BCUT2D eigenvalue weighted by Gasteiger charge is -2.10. The van der Waals surface area contributed by atoms with Gasteiger partial charge in [-0.05, 0) is 26.0 Å². The minimum atomic E-state index is -0.0133. The van der Waals surface area contributed by atoms with Crippen LogP contribution in [0.1, 0.15) is 22.8 Å². The smallest absolute Gasteiger partial charge is 0.251 e. The van der Waals surface area contributed by atoms with Crippen molar-refractivity contribution in [1.29, 1.82) is 0 Å². The van der Waals surface area contributed by atoms with E-state index in [4.69, 9.17) is 0 Å². The van der Waals surface area contributed by atoms with E-state index in [1.54, 1.807) is 0 Å². The molecular formula is C11H14BrNO. The summed E-state index contributed by atoms with van der Waals surface area (Å²) >= 11 is 3.32. The molecular weight excluding hydrogens is 242 g/mol. The summed E-state index contributed by atoms with van der Waals surface area (Å²) < 4.78 is 0. The van der Waals surface area contributed by atoms with Gasteiger partial charge in [-0.25, -0.2) is 0 Å². The number of amides is 1. The molecule has 1 aromatic rings. The van der Waals surface area contributed by atoms with Crippen molar-refractivity contribution in [2.24, 2.45) is 0 Å². The van der Waals surface area contributed by atoms with E-state index in [1.807, 2.05) is 38.1 Å². The van der Waals surface area contributed by atoms with Crippen LogP contribution >= 0.6 is 15.9 Å². The van der Waals surface area contributed by atoms with Crippen molar-refractivity contribution < 1.29 is 4.79 Å². The van der Waals surface area contributed by atoms with Gasteiger partial charge in [-0.15, -0.1) is 0 Å². The number of hydrogen-bond acceptors (Lipinski definition) is 1. The van der Waals surface area contributed by atoms with Crippen LogP contribution in [-0.2, 0) is 0 Å². The minimum absolute atomic E-state index is 0.0133. The number of aryl methyl sites for hydroxylation is 1. The average Bonchev–Trinajstić information content (AvgIpc) is 2.17. The first-order chi connectivity index (χ1) is 6.63. The van der Waals surface area contributed by atoms with E-state index in [9.17, 15) is 4.79 Å². The summed E-state index contributed by atoms with van der Waals surface area (Å²) in [6.07, 6.45) is 0. The van der Waals surface area contributed by atoms with Crippen LogP contribution in [0.15, 0.2) is 24.3 Å². The molecule has 1 rings (SSSR count). The lowest BCUT2D eigenvalue weighted by Crippen LogP contribution is -2.33. The van der Waals surface area contributed by atoms with Gasteiger partial charge in [0.1, 0.15) is 0 Å². The van der Waals surface area contributed by atoms with Gasteiger partial charge in [0.2, 0.25) is 0 Å². The minimum Gasteiger partial charge on any atom is -0.349 e. The van der Waals surface area contributed by atoms with Crippen LogP contribution in [0, 0.1) is 6.92 Å². The zero-order valence-electron chi connectivity index (χ0n) is 8.38. The summed E-state index contributed by atoms with van der Waals surface area (Å²) in [7, 11) is 0. The lowest BCUT2D eigenvalue weighted by molar-refractivity contribution is 0.0944. The highest BCUT2D eigenvalue weighted by Gasteiger charge is 2.07. The third-order valence-corrected chi connectivity index (χ3v) is 2.86. The maximum absolute atomic E-state index is 11.6. The molecule has 0 aliphatic rings. The molecule has 3 heteroatoms. The highest BCUT2D eigenvalue weighted by atomic mass is 79.9. The molecule has 0 bridgehead atoms. The third-order valence-electron chi connectivity index (χ3n) is 1.89. The van der Waals surface area contributed by atoms with Crippen molar-refractivity contribution in [3.8, 4) is 0 Å². The van der Waals surface area contributed by atoms with Crippen LogP contribution in [-0.4, -0.2) is 17.3 Å². The standard InChI is InChI=1S/C11H14BrNO/c1-8-4-3-5-10(6-8)11(14)13-9(2)7-12/h3-6,9H,7H2,1-2H3,(H,13,14). The van der Waals surface area contributed by atoms with Crippen LogP contribution in [0.3, 0.4) is 0 Å². The van der Waals surface area contributed by atoms with E-state index in [1.165, 1.54) is 0 Å². The summed E-state index contributed by atoms with van der Waals surface area (Å²) in [5.41, 5.74) is 1.82. The molecule has 0 heterocycles. The van der Waals surface area contributed by atoms with Gasteiger partial charge in [-0.3, -0.25) is 4.79 Å². The van der Waals surface area contributed by atoms with Crippen LogP contribution in [0.2, 0.25) is 0 Å². The zero-order valence-corrected chi connectivity index (χ0v) is 9.97. The molecule has 0 aliphatic heterocycles. The highest BCUT2D eigenvalue weighted by Crippen LogP contribution is 2.04. The van der Waals surface area contributed by atoms with Crippen molar-refractivity contribution in [2.75, 3.05) is 5.33 Å². The maximum atomic E-state index is 11.6. The molecule has 1 amide bonds. The molecule has 1 atom stereocenters. The van der Waals surface area contributed by atoms with Gasteiger partial charge >= 0.3 is 0 Å². The normalized spacial score (nSPS) is 12.2. The van der Waals surface area contributed by atoms with Crippen molar-refractivity contribution in [3.63, 3.8) is 0 Å². The van der Waals surface area contributed by atoms with E-state index in [0.29, 0.717) is 0 Å². The Morgan fingerprint density at radius 3 is 2.86 bits per heavy atom. The predicted octanol–water partition coefficient (Wildman–Crippen LogP) is 2.51. The monoisotopic (exact) mass is 255 g/mol. The second kappa shape index (κ2) is 5.15. The van der Waals surface area contributed by atoms with Gasteiger partial charge in [-0.2, -0.15) is 0 Å². The molecule has 1 unspecified atom stereocenters. The first kappa shape index (κ1) is 11.2. The number of halogens is 1. The number of nitrogens with one attached hydrogen (secondary N) is 1.